The van der Waals surface area contributed by atoms with E-state index in [1.54, 1.807) is 6.20 Å². The molecule has 0 spiro atoms. The zero-order chi connectivity index (χ0) is 13.7. The largest absolute Gasteiger partial charge is 0.394 e. The van der Waals surface area contributed by atoms with Gasteiger partial charge in [0.2, 0.25) is 0 Å². The van der Waals surface area contributed by atoms with E-state index in [1.807, 2.05) is 43.3 Å². The number of aromatic nitrogens is 1. The van der Waals surface area contributed by atoms with Gasteiger partial charge in [-0.2, -0.15) is 0 Å². The molecule has 0 aliphatic rings. The first-order valence-electron chi connectivity index (χ1n) is 6.21. The second-order valence-electron chi connectivity index (χ2n) is 4.42. The fourth-order valence-electron chi connectivity index (χ4n) is 1.92. The molecule has 0 amide bonds. The van der Waals surface area contributed by atoms with Crippen molar-refractivity contribution < 1.29 is 5.11 Å². The van der Waals surface area contributed by atoms with E-state index in [0.717, 1.165) is 16.8 Å². The van der Waals surface area contributed by atoms with Crippen LogP contribution in [-0.2, 0) is 6.54 Å². The Morgan fingerprint density at radius 3 is 2.63 bits per heavy atom. The zero-order valence-electron chi connectivity index (χ0n) is 10.8. The van der Waals surface area contributed by atoms with Crippen molar-refractivity contribution in [3.8, 4) is 0 Å². The number of nitrogens with zero attached hydrogens (tertiary/aromatic N) is 1. The summed E-state index contributed by atoms with van der Waals surface area (Å²) in [6.45, 7) is 2.70. The van der Waals surface area contributed by atoms with Crippen LogP contribution in [0.5, 0.6) is 0 Å². The third kappa shape index (κ3) is 3.77. The molecule has 0 fully saturated rings. The molecule has 3 nitrogen and oxygen atoms in total. The number of hydrogen-bond acceptors (Lipinski definition) is 3. The first-order valence-corrected chi connectivity index (χ1v) is 6.58. The summed E-state index contributed by atoms with van der Waals surface area (Å²) in [6.07, 6.45) is 1.78. The van der Waals surface area contributed by atoms with Gasteiger partial charge in [0.05, 0.1) is 12.6 Å². The molecular formula is C15H17ClN2O. The number of rotatable bonds is 5. The average molecular weight is 277 g/mol. The van der Waals surface area contributed by atoms with E-state index in [2.05, 4.69) is 10.3 Å². The molecule has 1 heterocycles. The lowest BCUT2D eigenvalue weighted by Gasteiger charge is -2.17. The molecule has 1 aromatic heterocycles. The van der Waals surface area contributed by atoms with E-state index in [9.17, 15) is 5.11 Å². The molecule has 2 aromatic rings. The Kier molecular flexibility index (Phi) is 4.91. The monoisotopic (exact) mass is 276 g/mol. The van der Waals surface area contributed by atoms with E-state index in [-0.39, 0.29) is 12.6 Å². The number of aliphatic hydroxyl groups is 1. The van der Waals surface area contributed by atoms with Gasteiger partial charge in [-0.3, -0.25) is 4.98 Å². The molecular weight excluding hydrogens is 260 g/mol. The summed E-state index contributed by atoms with van der Waals surface area (Å²) in [4.78, 5) is 4.25. The summed E-state index contributed by atoms with van der Waals surface area (Å²) in [7, 11) is 0. The van der Waals surface area contributed by atoms with Crippen molar-refractivity contribution >= 4 is 11.6 Å². The van der Waals surface area contributed by atoms with Crippen LogP contribution in [0.1, 0.15) is 22.9 Å². The van der Waals surface area contributed by atoms with Crippen LogP contribution in [0.2, 0.25) is 5.02 Å². The maximum Gasteiger partial charge on any atom is 0.0626 e. The Morgan fingerprint density at radius 1 is 1.26 bits per heavy atom. The standard InChI is InChI=1S/C15H17ClN2O/c1-11-13(3-2-8-17-11)9-18-15(10-19)12-4-6-14(16)7-5-12/h2-8,15,18-19H,9-10H2,1H3. The average Bonchev–Trinajstić information content (AvgIpc) is 2.43. The highest BCUT2D eigenvalue weighted by Gasteiger charge is 2.10. The van der Waals surface area contributed by atoms with E-state index >= 15 is 0 Å². The quantitative estimate of drug-likeness (QED) is 0.883. The molecule has 0 saturated carbocycles. The summed E-state index contributed by atoms with van der Waals surface area (Å²) in [5.74, 6) is 0. The van der Waals surface area contributed by atoms with E-state index in [1.165, 1.54) is 0 Å². The van der Waals surface area contributed by atoms with Crippen molar-refractivity contribution in [2.24, 2.45) is 0 Å². The van der Waals surface area contributed by atoms with E-state index in [0.29, 0.717) is 11.6 Å². The number of nitrogens with one attached hydrogen (secondary N) is 1. The van der Waals surface area contributed by atoms with Gasteiger partial charge in [0.1, 0.15) is 0 Å². The summed E-state index contributed by atoms with van der Waals surface area (Å²) in [5.41, 5.74) is 3.16. The minimum Gasteiger partial charge on any atom is -0.394 e. The number of benzene rings is 1. The van der Waals surface area contributed by atoms with Gasteiger partial charge in [-0.05, 0) is 36.2 Å². The van der Waals surface area contributed by atoms with Crippen LogP contribution < -0.4 is 5.32 Å². The maximum absolute atomic E-state index is 9.48. The third-order valence-corrected chi connectivity index (χ3v) is 3.36. The Balaban J connectivity index is 2.04. The zero-order valence-corrected chi connectivity index (χ0v) is 11.6. The number of hydrogen-bond donors (Lipinski definition) is 2. The Labute approximate surface area is 118 Å². The predicted octanol–water partition coefficient (Wildman–Crippen LogP) is 2.87. The number of aryl methyl sites for hydroxylation is 1. The molecule has 0 radical (unpaired) electrons. The lowest BCUT2D eigenvalue weighted by Crippen LogP contribution is -2.24. The predicted molar refractivity (Wildman–Crippen MR) is 77.1 cm³/mol. The van der Waals surface area contributed by atoms with Crippen LogP contribution in [0.3, 0.4) is 0 Å². The highest BCUT2D eigenvalue weighted by atomic mass is 35.5. The van der Waals surface area contributed by atoms with Gasteiger partial charge in [-0.25, -0.2) is 0 Å². The highest BCUT2D eigenvalue weighted by molar-refractivity contribution is 6.30. The molecule has 0 bridgehead atoms. The first kappa shape index (κ1) is 14.0. The van der Waals surface area contributed by atoms with Gasteiger partial charge in [-0.15, -0.1) is 0 Å². The molecule has 0 saturated heterocycles. The van der Waals surface area contributed by atoms with Gasteiger partial charge < -0.3 is 10.4 Å². The van der Waals surface area contributed by atoms with Crippen molar-refractivity contribution in [1.82, 2.24) is 10.3 Å². The molecule has 1 atom stereocenters. The molecule has 100 valence electrons. The summed E-state index contributed by atoms with van der Waals surface area (Å²) in [6, 6.07) is 11.4. The van der Waals surface area contributed by atoms with Gasteiger partial charge >= 0.3 is 0 Å². The van der Waals surface area contributed by atoms with Crippen molar-refractivity contribution in [2.45, 2.75) is 19.5 Å². The van der Waals surface area contributed by atoms with Crippen LogP contribution in [0.25, 0.3) is 0 Å². The normalized spacial score (nSPS) is 12.4. The van der Waals surface area contributed by atoms with Crippen LogP contribution >= 0.6 is 11.6 Å². The van der Waals surface area contributed by atoms with Crippen LogP contribution in [0, 0.1) is 6.92 Å². The molecule has 1 aromatic carbocycles. The Morgan fingerprint density at radius 2 is 2.00 bits per heavy atom. The summed E-state index contributed by atoms with van der Waals surface area (Å²) >= 11 is 5.86. The smallest absolute Gasteiger partial charge is 0.0626 e. The van der Waals surface area contributed by atoms with E-state index in [4.69, 9.17) is 11.6 Å². The minimum absolute atomic E-state index is 0.0426. The fraction of sp³-hybridized carbons (Fsp3) is 0.267. The second kappa shape index (κ2) is 6.66. The maximum atomic E-state index is 9.48. The molecule has 2 rings (SSSR count). The van der Waals surface area contributed by atoms with Gasteiger partial charge in [0.25, 0.3) is 0 Å². The first-order chi connectivity index (χ1) is 9.20. The van der Waals surface area contributed by atoms with Crippen LogP contribution in [0.4, 0.5) is 0 Å². The molecule has 2 N–H and O–H groups in total. The van der Waals surface area contributed by atoms with Crippen molar-refractivity contribution in [1.29, 1.82) is 0 Å². The third-order valence-electron chi connectivity index (χ3n) is 3.11. The SMILES string of the molecule is Cc1ncccc1CNC(CO)c1ccc(Cl)cc1. The van der Waals surface area contributed by atoms with Crippen molar-refractivity contribution in [2.75, 3.05) is 6.61 Å². The van der Waals surface area contributed by atoms with Crippen LogP contribution in [-0.4, -0.2) is 16.7 Å². The number of pyridine rings is 1. The van der Waals surface area contributed by atoms with Gasteiger partial charge in [0, 0.05) is 23.5 Å². The van der Waals surface area contributed by atoms with Gasteiger partial charge in [0.15, 0.2) is 0 Å². The number of aliphatic hydroxyl groups excluding tert-OH is 1. The minimum atomic E-state index is -0.100. The fourth-order valence-corrected chi connectivity index (χ4v) is 2.05. The Hall–Kier alpha value is -1.42. The molecule has 19 heavy (non-hydrogen) atoms. The lowest BCUT2D eigenvalue weighted by molar-refractivity contribution is 0.243. The molecule has 4 heteroatoms. The van der Waals surface area contributed by atoms with Crippen molar-refractivity contribution in [3.05, 3.63) is 64.4 Å². The molecule has 1 unspecified atom stereocenters. The van der Waals surface area contributed by atoms with E-state index < -0.39 is 0 Å². The number of halogens is 1. The molecule has 0 aliphatic carbocycles. The van der Waals surface area contributed by atoms with Gasteiger partial charge in [-0.1, -0.05) is 29.8 Å². The lowest BCUT2D eigenvalue weighted by atomic mass is 10.1. The van der Waals surface area contributed by atoms with Crippen molar-refractivity contribution in [3.63, 3.8) is 0 Å². The summed E-state index contributed by atoms with van der Waals surface area (Å²) in [5, 5.41) is 13.5. The topological polar surface area (TPSA) is 45.2 Å². The highest BCUT2D eigenvalue weighted by Crippen LogP contribution is 2.17. The molecule has 0 aliphatic heterocycles. The second-order valence-corrected chi connectivity index (χ2v) is 4.85. The Bertz CT molecular complexity index is 528. The van der Waals surface area contributed by atoms with Crippen LogP contribution in [0.15, 0.2) is 42.6 Å². The summed E-state index contributed by atoms with van der Waals surface area (Å²) < 4.78 is 0.